The van der Waals surface area contributed by atoms with Crippen molar-refractivity contribution in [2.75, 3.05) is 7.11 Å². The summed E-state index contributed by atoms with van der Waals surface area (Å²) in [6.07, 6.45) is 6.83. The Kier molecular flexibility index (Phi) is 5.94. The Hall–Kier alpha value is -2.76. The van der Waals surface area contributed by atoms with E-state index in [0.29, 0.717) is 17.2 Å². The number of benzene rings is 1. The zero-order valence-electron chi connectivity index (χ0n) is 15.2. The quantitative estimate of drug-likeness (QED) is 0.744. The molecule has 0 spiro atoms. The summed E-state index contributed by atoms with van der Waals surface area (Å²) in [4.78, 5) is 12.4. The maximum absolute atomic E-state index is 12.4. The molecule has 0 aliphatic heterocycles. The normalized spacial score (nSPS) is 15.1. The van der Waals surface area contributed by atoms with Crippen LogP contribution in [-0.4, -0.2) is 29.3 Å². The molecule has 0 saturated carbocycles. The molecule has 3 rings (SSSR count). The van der Waals surface area contributed by atoms with Crippen molar-refractivity contribution in [2.24, 2.45) is 0 Å². The maximum Gasteiger partial charge on any atom is 0.272 e. The van der Waals surface area contributed by atoms with E-state index in [1.165, 1.54) is 18.4 Å². The van der Waals surface area contributed by atoms with Crippen molar-refractivity contribution in [3.8, 4) is 11.5 Å². The van der Waals surface area contributed by atoms with Crippen molar-refractivity contribution in [1.82, 2.24) is 15.5 Å². The summed E-state index contributed by atoms with van der Waals surface area (Å²) in [6.45, 7) is 2.30. The van der Waals surface area contributed by atoms with Gasteiger partial charge in [0, 0.05) is 6.04 Å². The zero-order valence-corrected chi connectivity index (χ0v) is 15.2. The monoisotopic (exact) mass is 355 g/mol. The summed E-state index contributed by atoms with van der Waals surface area (Å²) in [5, 5.41) is 9.98. The molecule has 0 bridgehead atoms. The number of hydrogen-bond donors (Lipinski definition) is 2. The average molecular weight is 355 g/mol. The van der Waals surface area contributed by atoms with Crippen molar-refractivity contribution < 1.29 is 14.3 Å². The highest BCUT2D eigenvalue weighted by Gasteiger charge is 2.17. The summed E-state index contributed by atoms with van der Waals surface area (Å²) < 4.78 is 11.0. The number of aromatic amines is 1. The van der Waals surface area contributed by atoms with Gasteiger partial charge in [0.05, 0.1) is 12.8 Å². The molecule has 0 radical (unpaired) electrons. The maximum atomic E-state index is 12.4. The van der Waals surface area contributed by atoms with Crippen molar-refractivity contribution >= 4 is 5.91 Å². The van der Waals surface area contributed by atoms with Gasteiger partial charge in [-0.15, -0.1) is 0 Å². The first-order valence-electron chi connectivity index (χ1n) is 8.97. The number of para-hydroxylation sites is 2. The molecule has 1 aliphatic rings. The van der Waals surface area contributed by atoms with Crippen molar-refractivity contribution in [1.29, 1.82) is 0 Å². The third-order valence-corrected chi connectivity index (χ3v) is 4.55. The van der Waals surface area contributed by atoms with Gasteiger partial charge in [0.15, 0.2) is 11.5 Å². The third-order valence-electron chi connectivity index (χ3n) is 4.55. The van der Waals surface area contributed by atoms with Gasteiger partial charge in [-0.25, -0.2) is 0 Å². The predicted octanol–water partition coefficient (Wildman–Crippen LogP) is 3.62. The molecule has 1 atom stereocenters. The molecule has 1 aromatic heterocycles. The van der Waals surface area contributed by atoms with E-state index in [1.807, 2.05) is 31.2 Å². The second-order valence-corrected chi connectivity index (χ2v) is 6.44. The van der Waals surface area contributed by atoms with E-state index in [-0.39, 0.29) is 18.6 Å². The van der Waals surface area contributed by atoms with Crippen LogP contribution in [-0.2, 0) is 6.61 Å². The van der Waals surface area contributed by atoms with Crippen LogP contribution in [0.25, 0.3) is 0 Å². The van der Waals surface area contributed by atoms with Crippen LogP contribution in [0.2, 0.25) is 0 Å². The first-order valence-corrected chi connectivity index (χ1v) is 8.97. The van der Waals surface area contributed by atoms with E-state index in [2.05, 4.69) is 21.6 Å². The lowest BCUT2D eigenvalue weighted by atomic mass is 9.95. The predicted molar refractivity (Wildman–Crippen MR) is 99.4 cm³/mol. The van der Waals surface area contributed by atoms with Crippen molar-refractivity contribution in [3.63, 3.8) is 0 Å². The van der Waals surface area contributed by atoms with Crippen LogP contribution >= 0.6 is 0 Å². The van der Waals surface area contributed by atoms with Crippen LogP contribution in [0.3, 0.4) is 0 Å². The first-order chi connectivity index (χ1) is 12.7. The van der Waals surface area contributed by atoms with Gasteiger partial charge in [0.2, 0.25) is 0 Å². The highest BCUT2D eigenvalue weighted by Crippen LogP contribution is 2.26. The lowest BCUT2D eigenvalue weighted by Crippen LogP contribution is -2.34. The number of carbonyl (C=O) groups excluding carboxylic acids is 1. The molecule has 6 heteroatoms. The summed E-state index contributed by atoms with van der Waals surface area (Å²) in [6, 6.07) is 9.18. The minimum atomic E-state index is -0.177. The number of rotatable bonds is 7. The number of allylic oxidation sites excluding steroid dienone is 1. The molecule has 0 fully saturated rings. The Balaban J connectivity index is 1.57. The van der Waals surface area contributed by atoms with Gasteiger partial charge in [-0.05, 0) is 50.8 Å². The van der Waals surface area contributed by atoms with Gasteiger partial charge in [-0.2, -0.15) is 5.10 Å². The lowest BCUT2D eigenvalue weighted by molar-refractivity contribution is 0.0939. The van der Waals surface area contributed by atoms with Crippen LogP contribution in [0.4, 0.5) is 0 Å². The Bertz CT molecular complexity index is 782. The topological polar surface area (TPSA) is 76.2 Å². The van der Waals surface area contributed by atoms with Gasteiger partial charge < -0.3 is 14.8 Å². The molecular formula is C20H25N3O3. The molecule has 138 valence electrons. The Morgan fingerprint density at radius 2 is 2.12 bits per heavy atom. The highest BCUT2D eigenvalue weighted by molar-refractivity contribution is 5.92. The fraction of sp³-hybridized carbons (Fsp3) is 0.400. The van der Waals surface area contributed by atoms with Crippen LogP contribution in [0.1, 0.15) is 48.8 Å². The Morgan fingerprint density at radius 3 is 2.85 bits per heavy atom. The number of carbonyl (C=O) groups is 1. The fourth-order valence-corrected chi connectivity index (χ4v) is 3.06. The minimum absolute atomic E-state index is 0.0350. The number of aromatic nitrogens is 2. The first kappa shape index (κ1) is 18.0. The number of methoxy groups -OCH3 is 1. The lowest BCUT2D eigenvalue weighted by Gasteiger charge is -2.20. The van der Waals surface area contributed by atoms with Gasteiger partial charge in [0.1, 0.15) is 12.3 Å². The molecule has 1 amide bonds. The Labute approximate surface area is 153 Å². The highest BCUT2D eigenvalue weighted by atomic mass is 16.5. The number of ether oxygens (including phenoxy) is 2. The average Bonchev–Trinajstić information content (AvgIpc) is 3.16. The fourth-order valence-electron chi connectivity index (χ4n) is 3.06. The summed E-state index contributed by atoms with van der Waals surface area (Å²) in [5.74, 6) is 1.14. The second kappa shape index (κ2) is 8.56. The molecule has 2 N–H and O–H groups in total. The number of nitrogens with one attached hydrogen (secondary N) is 2. The third kappa shape index (κ3) is 4.45. The zero-order chi connectivity index (χ0) is 18.4. The van der Waals surface area contributed by atoms with E-state index in [4.69, 9.17) is 9.47 Å². The smallest absolute Gasteiger partial charge is 0.272 e. The van der Waals surface area contributed by atoms with Crippen molar-refractivity contribution in [2.45, 2.75) is 45.3 Å². The molecule has 2 aromatic rings. The van der Waals surface area contributed by atoms with E-state index >= 15 is 0 Å². The number of amides is 1. The Morgan fingerprint density at radius 1 is 1.31 bits per heavy atom. The minimum Gasteiger partial charge on any atom is -0.493 e. The van der Waals surface area contributed by atoms with Crippen LogP contribution < -0.4 is 14.8 Å². The largest absolute Gasteiger partial charge is 0.493 e. The summed E-state index contributed by atoms with van der Waals surface area (Å²) >= 11 is 0. The molecule has 0 saturated heterocycles. The summed E-state index contributed by atoms with van der Waals surface area (Å²) in [5.41, 5.74) is 2.40. The van der Waals surface area contributed by atoms with E-state index < -0.39 is 0 Å². The SMILES string of the molecule is COc1ccccc1OCc1cc(C(=O)N[C@@H](C)C2=CCCCC2)n[nH]1. The number of hydrogen-bond acceptors (Lipinski definition) is 4. The molecular weight excluding hydrogens is 330 g/mol. The second-order valence-electron chi connectivity index (χ2n) is 6.44. The molecule has 1 aromatic carbocycles. The van der Waals surface area contributed by atoms with Gasteiger partial charge in [-0.1, -0.05) is 23.8 Å². The standard InChI is InChI=1S/C20H25N3O3/c1-14(15-8-4-3-5-9-15)21-20(24)17-12-16(22-23-17)13-26-19-11-7-6-10-18(19)25-2/h6-8,10-12,14H,3-5,9,13H2,1-2H3,(H,21,24)(H,22,23)/t14-/m0/s1. The van der Waals surface area contributed by atoms with Crippen LogP contribution in [0, 0.1) is 0 Å². The number of nitrogens with zero attached hydrogens (tertiary/aromatic N) is 1. The van der Waals surface area contributed by atoms with Crippen molar-refractivity contribution in [3.05, 3.63) is 53.4 Å². The van der Waals surface area contributed by atoms with Crippen LogP contribution in [0.15, 0.2) is 42.0 Å². The summed E-state index contributed by atoms with van der Waals surface area (Å²) in [7, 11) is 1.60. The van der Waals surface area contributed by atoms with Gasteiger partial charge in [0.25, 0.3) is 5.91 Å². The van der Waals surface area contributed by atoms with E-state index in [1.54, 1.807) is 13.2 Å². The molecule has 26 heavy (non-hydrogen) atoms. The molecule has 1 heterocycles. The molecule has 0 unspecified atom stereocenters. The molecule has 1 aliphatic carbocycles. The van der Waals surface area contributed by atoms with Gasteiger partial charge >= 0.3 is 0 Å². The number of H-pyrrole nitrogens is 1. The molecule has 6 nitrogen and oxygen atoms in total. The van der Waals surface area contributed by atoms with E-state index in [0.717, 1.165) is 18.5 Å². The van der Waals surface area contributed by atoms with E-state index in [9.17, 15) is 4.79 Å². The van der Waals surface area contributed by atoms with Gasteiger partial charge in [-0.3, -0.25) is 9.89 Å². The van der Waals surface area contributed by atoms with Crippen LogP contribution in [0.5, 0.6) is 11.5 Å².